The monoisotopic (exact) mass is 570 g/mol. The maximum Gasteiger partial charge on any atom is 0.328 e. The minimum absolute atomic E-state index is 0.142. The number of fused-ring (bicyclic) bond motifs is 1. The number of carboxylic acid groups (broad SMARTS) is 2. The number of piperidine rings is 1. The SMILES string of the molecule is CN1CCN(CCN2CCC(n3cc(-c4ccc(F)cc4)c4ccc(Cl)cc43)CC2)C1=O.O=C(O)/C=C\C(=O)O. The summed E-state index contributed by atoms with van der Waals surface area (Å²) >= 11 is 6.35. The van der Waals surface area contributed by atoms with Crippen LogP contribution in [0.25, 0.3) is 22.0 Å². The van der Waals surface area contributed by atoms with Crippen LogP contribution in [-0.4, -0.2) is 93.8 Å². The highest BCUT2D eigenvalue weighted by Gasteiger charge is 2.27. The standard InChI is InChI=1S/C25H28ClFN4O.C4H4O4/c1-28-12-14-30(25(28)32)15-13-29-10-8-21(9-11-29)31-17-23(18-2-5-20(27)6-3-18)22-7-4-19(26)16-24(22)31;5-3(6)1-2-4(7)8/h2-7,16-17,21H,8-15H2,1H3;1-2H,(H,5,6)(H,7,8)/b;2-1-. The summed E-state index contributed by atoms with van der Waals surface area (Å²) in [5.74, 6) is -2.74. The predicted octanol–water partition coefficient (Wildman–Crippen LogP) is 4.82. The van der Waals surface area contributed by atoms with Crippen molar-refractivity contribution in [1.82, 2.24) is 19.3 Å². The normalized spacial score (nSPS) is 16.5. The summed E-state index contributed by atoms with van der Waals surface area (Å²) in [6.07, 6.45) is 5.41. The second kappa shape index (κ2) is 13.0. The van der Waals surface area contributed by atoms with E-state index in [1.165, 1.54) is 12.1 Å². The molecule has 2 aromatic carbocycles. The Bertz CT molecular complexity index is 1380. The van der Waals surface area contributed by atoms with Crippen LogP contribution < -0.4 is 0 Å². The molecule has 2 aliphatic rings. The molecule has 0 aliphatic carbocycles. The average molecular weight is 571 g/mol. The number of carbonyl (C=O) groups is 3. The largest absolute Gasteiger partial charge is 0.478 e. The van der Waals surface area contributed by atoms with Gasteiger partial charge in [0.25, 0.3) is 0 Å². The zero-order chi connectivity index (χ0) is 28.8. The van der Waals surface area contributed by atoms with Crippen molar-refractivity contribution >= 4 is 40.5 Å². The molecule has 9 nitrogen and oxygen atoms in total. The van der Waals surface area contributed by atoms with Gasteiger partial charge < -0.3 is 29.5 Å². The first-order chi connectivity index (χ1) is 19.1. The molecule has 2 aliphatic heterocycles. The molecular formula is C29H32ClFN4O5. The van der Waals surface area contributed by atoms with E-state index in [2.05, 4.69) is 21.7 Å². The summed E-state index contributed by atoms with van der Waals surface area (Å²) in [6, 6.07) is 13.2. The lowest BCUT2D eigenvalue weighted by Crippen LogP contribution is -2.41. The van der Waals surface area contributed by atoms with E-state index in [0.717, 1.165) is 79.2 Å². The smallest absolute Gasteiger partial charge is 0.328 e. The zero-order valence-corrected chi connectivity index (χ0v) is 22.9. The Labute approximate surface area is 236 Å². The summed E-state index contributed by atoms with van der Waals surface area (Å²) in [4.78, 5) is 37.4. The highest BCUT2D eigenvalue weighted by molar-refractivity contribution is 6.31. The van der Waals surface area contributed by atoms with Gasteiger partial charge in [0.15, 0.2) is 0 Å². The van der Waals surface area contributed by atoms with Gasteiger partial charge in [-0.1, -0.05) is 29.8 Å². The fourth-order valence-electron chi connectivity index (χ4n) is 5.12. The van der Waals surface area contributed by atoms with E-state index in [-0.39, 0.29) is 11.8 Å². The number of halogens is 2. The van der Waals surface area contributed by atoms with Crippen LogP contribution in [0, 0.1) is 5.82 Å². The lowest BCUT2D eigenvalue weighted by molar-refractivity contribution is -0.134. The molecule has 11 heteroatoms. The maximum absolute atomic E-state index is 13.5. The summed E-state index contributed by atoms with van der Waals surface area (Å²) < 4.78 is 15.8. The minimum atomic E-state index is -1.26. The third-order valence-electron chi connectivity index (χ3n) is 7.26. The zero-order valence-electron chi connectivity index (χ0n) is 22.2. The van der Waals surface area contributed by atoms with Crippen molar-refractivity contribution in [2.75, 3.05) is 46.3 Å². The number of aliphatic carboxylic acids is 2. The van der Waals surface area contributed by atoms with Gasteiger partial charge in [0.1, 0.15) is 5.82 Å². The molecular weight excluding hydrogens is 539 g/mol. The predicted molar refractivity (Wildman–Crippen MR) is 151 cm³/mol. The number of likely N-dealkylation sites (tertiary alicyclic amines) is 1. The van der Waals surface area contributed by atoms with Crippen molar-refractivity contribution in [3.63, 3.8) is 0 Å². The molecule has 0 saturated carbocycles. The molecule has 5 rings (SSSR count). The van der Waals surface area contributed by atoms with Gasteiger partial charge in [0.05, 0.1) is 5.52 Å². The second-order valence-corrected chi connectivity index (χ2v) is 10.3. The van der Waals surface area contributed by atoms with Gasteiger partial charge in [-0.2, -0.15) is 0 Å². The number of likely N-dealkylation sites (N-methyl/N-ethyl adjacent to an activating group) is 1. The number of carboxylic acids is 2. The number of rotatable bonds is 7. The molecule has 0 atom stereocenters. The first-order valence-corrected chi connectivity index (χ1v) is 13.4. The van der Waals surface area contributed by atoms with Crippen molar-refractivity contribution in [3.8, 4) is 11.1 Å². The fraction of sp³-hybridized carbons (Fsp3) is 0.345. The number of hydrogen-bond acceptors (Lipinski definition) is 4. The average Bonchev–Trinajstić information content (AvgIpc) is 3.46. The Kier molecular flexibility index (Phi) is 9.44. The molecule has 212 valence electrons. The van der Waals surface area contributed by atoms with E-state index in [1.807, 2.05) is 36.2 Å². The Hall–Kier alpha value is -3.89. The molecule has 2 N–H and O–H groups in total. The Morgan fingerprint density at radius 3 is 2.20 bits per heavy atom. The Balaban J connectivity index is 0.000000406. The van der Waals surface area contributed by atoms with E-state index in [1.54, 1.807) is 4.90 Å². The van der Waals surface area contributed by atoms with Crippen LogP contribution in [0.4, 0.5) is 9.18 Å². The molecule has 0 radical (unpaired) electrons. The number of aromatic nitrogens is 1. The Morgan fingerprint density at radius 2 is 1.62 bits per heavy atom. The van der Waals surface area contributed by atoms with Gasteiger partial charge in [-0.25, -0.2) is 18.8 Å². The summed E-state index contributed by atoms with van der Waals surface area (Å²) in [5.41, 5.74) is 3.24. The third-order valence-corrected chi connectivity index (χ3v) is 7.49. The lowest BCUT2D eigenvalue weighted by atomic mass is 10.0. The highest BCUT2D eigenvalue weighted by Crippen LogP contribution is 2.36. The molecule has 0 unspecified atom stereocenters. The van der Waals surface area contributed by atoms with E-state index < -0.39 is 11.9 Å². The van der Waals surface area contributed by atoms with Gasteiger partial charge in [-0.3, -0.25) is 0 Å². The van der Waals surface area contributed by atoms with E-state index in [9.17, 15) is 18.8 Å². The number of urea groups is 1. The van der Waals surface area contributed by atoms with Crippen LogP contribution in [-0.2, 0) is 9.59 Å². The van der Waals surface area contributed by atoms with Gasteiger partial charge in [0, 0.05) is 86.7 Å². The van der Waals surface area contributed by atoms with E-state index in [0.29, 0.717) is 18.2 Å². The van der Waals surface area contributed by atoms with Gasteiger partial charge >= 0.3 is 18.0 Å². The minimum Gasteiger partial charge on any atom is -0.478 e. The molecule has 0 spiro atoms. The van der Waals surface area contributed by atoms with Gasteiger partial charge in [-0.15, -0.1) is 0 Å². The van der Waals surface area contributed by atoms with Crippen LogP contribution in [0.5, 0.6) is 0 Å². The lowest BCUT2D eigenvalue weighted by Gasteiger charge is -2.34. The van der Waals surface area contributed by atoms with Crippen molar-refractivity contribution in [2.45, 2.75) is 18.9 Å². The molecule has 2 amide bonds. The molecule has 0 bridgehead atoms. The maximum atomic E-state index is 13.5. The van der Waals surface area contributed by atoms with E-state index in [4.69, 9.17) is 21.8 Å². The topological polar surface area (TPSA) is 106 Å². The molecule has 3 heterocycles. The fourth-order valence-corrected chi connectivity index (χ4v) is 5.29. The number of amides is 2. The Morgan fingerprint density at radius 1 is 0.975 bits per heavy atom. The van der Waals surface area contributed by atoms with Gasteiger partial charge in [-0.05, 0) is 42.7 Å². The highest BCUT2D eigenvalue weighted by atomic mass is 35.5. The quantitative estimate of drug-likeness (QED) is 0.395. The molecule has 2 fully saturated rings. The van der Waals surface area contributed by atoms with Crippen LogP contribution in [0.15, 0.2) is 60.8 Å². The van der Waals surface area contributed by atoms with Crippen molar-refractivity contribution in [1.29, 1.82) is 0 Å². The summed E-state index contributed by atoms with van der Waals surface area (Å²) in [5, 5.41) is 17.5. The molecule has 40 heavy (non-hydrogen) atoms. The molecule has 1 aromatic heterocycles. The first kappa shape index (κ1) is 29.1. The molecule has 2 saturated heterocycles. The van der Waals surface area contributed by atoms with Crippen LogP contribution >= 0.6 is 11.6 Å². The van der Waals surface area contributed by atoms with Gasteiger partial charge in [0.2, 0.25) is 0 Å². The van der Waals surface area contributed by atoms with Crippen molar-refractivity contribution in [2.24, 2.45) is 0 Å². The summed E-state index contributed by atoms with van der Waals surface area (Å²) in [7, 11) is 1.86. The van der Waals surface area contributed by atoms with Crippen LogP contribution in [0.3, 0.4) is 0 Å². The molecule has 3 aromatic rings. The van der Waals surface area contributed by atoms with Crippen molar-refractivity contribution < 1.29 is 29.0 Å². The van der Waals surface area contributed by atoms with Crippen LogP contribution in [0.1, 0.15) is 18.9 Å². The number of benzene rings is 2. The third kappa shape index (κ3) is 7.19. The van der Waals surface area contributed by atoms with Crippen LogP contribution in [0.2, 0.25) is 5.02 Å². The van der Waals surface area contributed by atoms with Crippen molar-refractivity contribution in [3.05, 3.63) is 71.7 Å². The first-order valence-electron chi connectivity index (χ1n) is 13.0. The number of hydrogen-bond donors (Lipinski definition) is 2. The number of nitrogens with zero attached hydrogens (tertiary/aromatic N) is 4. The van der Waals surface area contributed by atoms with E-state index >= 15 is 0 Å². The second-order valence-electron chi connectivity index (χ2n) is 9.89. The number of carbonyl (C=O) groups excluding carboxylic acids is 1. The summed E-state index contributed by atoms with van der Waals surface area (Å²) in [6.45, 7) is 5.38.